The van der Waals surface area contributed by atoms with Gasteiger partial charge in [0.1, 0.15) is 10.4 Å². The highest BCUT2D eigenvalue weighted by atomic mass is 79.9. The number of benzene rings is 1. The van der Waals surface area contributed by atoms with Gasteiger partial charge in [0.2, 0.25) is 0 Å². The van der Waals surface area contributed by atoms with Crippen LogP contribution < -0.4 is 4.90 Å². The summed E-state index contributed by atoms with van der Waals surface area (Å²) in [5.74, 6) is 0.928. The third kappa shape index (κ3) is 3.24. The molecule has 0 saturated carbocycles. The van der Waals surface area contributed by atoms with Crippen LogP contribution in [0.3, 0.4) is 0 Å². The number of nitrogens with zero attached hydrogens (tertiary/aromatic N) is 2. The summed E-state index contributed by atoms with van der Waals surface area (Å²) in [5, 5.41) is 0.634. The maximum atomic E-state index is 5.96. The lowest BCUT2D eigenvalue weighted by Crippen LogP contribution is -2.23. The normalized spacial score (nSPS) is 10.4. The largest absolute Gasteiger partial charge is 0.353 e. The predicted molar refractivity (Wildman–Crippen MR) is 80.1 cm³/mol. The molecule has 0 spiro atoms. The quantitative estimate of drug-likeness (QED) is 0.768. The van der Waals surface area contributed by atoms with E-state index < -0.39 is 0 Å². The van der Waals surface area contributed by atoms with Crippen molar-refractivity contribution >= 4 is 33.3 Å². The standard InChI is InChI=1S/C14H14BrClN2/c1-2-18(10-11-6-4-3-5-7-11)13-9-8-12(16)14(15)17-13/h3-9H,2,10H2,1H3. The van der Waals surface area contributed by atoms with Crippen molar-refractivity contribution in [2.45, 2.75) is 13.5 Å². The SMILES string of the molecule is CCN(Cc1ccccc1)c1ccc(Cl)c(Br)n1. The lowest BCUT2D eigenvalue weighted by atomic mass is 10.2. The van der Waals surface area contributed by atoms with Crippen molar-refractivity contribution in [3.8, 4) is 0 Å². The van der Waals surface area contributed by atoms with Gasteiger partial charge in [0.05, 0.1) is 5.02 Å². The highest BCUT2D eigenvalue weighted by molar-refractivity contribution is 9.10. The summed E-state index contributed by atoms with van der Waals surface area (Å²) in [4.78, 5) is 6.66. The molecule has 0 amide bonds. The van der Waals surface area contributed by atoms with Gasteiger partial charge in [-0.1, -0.05) is 41.9 Å². The zero-order valence-corrected chi connectivity index (χ0v) is 12.4. The molecule has 0 aliphatic rings. The Labute approximate surface area is 121 Å². The minimum atomic E-state index is 0.634. The molecule has 0 bridgehead atoms. The molecular weight excluding hydrogens is 312 g/mol. The Morgan fingerprint density at radius 1 is 1.17 bits per heavy atom. The van der Waals surface area contributed by atoms with Crippen LogP contribution in [-0.4, -0.2) is 11.5 Å². The second kappa shape index (κ2) is 6.21. The molecule has 1 aromatic carbocycles. The van der Waals surface area contributed by atoms with Crippen molar-refractivity contribution in [1.82, 2.24) is 4.98 Å². The van der Waals surface area contributed by atoms with Crippen molar-refractivity contribution in [2.75, 3.05) is 11.4 Å². The van der Waals surface area contributed by atoms with E-state index in [1.54, 1.807) is 0 Å². The molecule has 0 aliphatic carbocycles. The minimum absolute atomic E-state index is 0.634. The van der Waals surface area contributed by atoms with E-state index >= 15 is 0 Å². The van der Waals surface area contributed by atoms with E-state index in [0.29, 0.717) is 9.63 Å². The van der Waals surface area contributed by atoms with E-state index in [2.05, 4.69) is 44.9 Å². The molecule has 4 heteroatoms. The Morgan fingerprint density at radius 2 is 1.89 bits per heavy atom. The van der Waals surface area contributed by atoms with Crippen LogP contribution in [0.1, 0.15) is 12.5 Å². The van der Waals surface area contributed by atoms with Crippen LogP contribution in [0, 0.1) is 0 Å². The van der Waals surface area contributed by atoms with Crippen LogP contribution in [0.15, 0.2) is 47.1 Å². The van der Waals surface area contributed by atoms with E-state index in [-0.39, 0.29) is 0 Å². The monoisotopic (exact) mass is 324 g/mol. The zero-order chi connectivity index (χ0) is 13.0. The first-order valence-corrected chi connectivity index (χ1v) is 6.98. The Bertz CT molecular complexity index is 516. The summed E-state index contributed by atoms with van der Waals surface area (Å²) in [7, 11) is 0. The van der Waals surface area contributed by atoms with Crippen molar-refractivity contribution in [3.63, 3.8) is 0 Å². The summed E-state index contributed by atoms with van der Waals surface area (Å²) in [6.07, 6.45) is 0. The second-order valence-electron chi connectivity index (χ2n) is 3.94. The smallest absolute Gasteiger partial charge is 0.130 e. The second-order valence-corrected chi connectivity index (χ2v) is 5.10. The van der Waals surface area contributed by atoms with E-state index in [1.165, 1.54) is 5.56 Å². The Hall–Kier alpha value is -1.06. The fraction of sp³-hybridized carbons (Fsp3) is 0.214. The fourth-order valence-electron chi connectivity index (χ4n) is 1.74. The maximum Gasteiger partial charge on any atom is 0.130 e. The molecule has 2 rings (SSSR count). The summed E-state index contributed by atoms with van der Waals surface area (Å²) < 4.78 is 0.688. The number of rotatable bonds is 4. The van der Waals surface area contributed by atoms with Crippen molar-refractivity contribution in [2.24, 2.45) is 0 Å². The molecule has 1 aromatic heterocycles. The molecule has 0 radical (unpaired) electrons. The minimum Gasteiger partial charge on any atom is -0.353 e. The fourth-order valence-corrected chi connectivity index (χ4v) is 2.16. The maximum absolute atomic E-state index is 5.96. The molecule has 94 valence electrons. The van der Waals surface area contributed by atoms with E-state index in [4.69, 9.17) is 11.6 Å². The number of pyridine rings is 1. The molecule has 0 N–H and O–H groups in total. The van der Waals surface area contributed by atoms with Crippen LogP contribution >= 0.6 is 27.5 Å². The highest BCUT2D eigenvalue weighted by Gasteiger charge is 2.08. The van der Waals surface area contributed by atoms with Gasteiger partial charge < -0.3 is 4.90 Å². The third-order valence-electron chi connectivity index (χ3n) is 2.71. The molecule has 0 unspecified atom stereocenters. The van der Waals surface area contributed by atoms with Gasteiger partial charge in [0.25, 0.3) is 0 Å². The first-order valence-electron chi connectivity index (χ1n) is 5.81. The summed E-state index contributed by atoms with van der Waals surface area (Å²) >= 11 is 9.32. The molecule has 18 heavy (non-hydrogen) atoms. The summed E-state index contributed by atoms with van der Waals surface area (Å²) in [6, 6.07) is 14.2. The molecule has 2 aromatic rings. The van der Waals surface area contributed by atoms with Gasteiger partial charge in [0.15, 0.2) is 0 Å². The van der Waals surface area contributed by atoms with Crippen LogP contribution in [0.4, 0.5) is 5.82 Å². The number of anilines is 1. The lowest BCUT2D eigenvalue weighted by molar-refractivity contribution is 0.812. The van der Waals surface area contributed by atoms with Crippen molar-refractivity contribution in [3.05, 3.63) is 57.7 Å². The van der Waals surface area contributed by atoms with Gasteiger partial charge in [-0.25, -0.2) is 4.98 Å². The predicted octanol–water partition coefficient (Wildman–Crippen LogP) is 4.52. The highest BCUT2D eigenvalue weighted by Crippen LogP contribution is 2.24. The van der Waals surface area contributed by atoms with E-state index in [1.807, 2.05) is 30.3 Å². The van der Waals surface area contributed by atoms with Crippen LogP contribution in [0.25, 0.3) is 0 Å². The van der Waals surface area contributed by atoms with Crippen molar-refractivity contribution < 1.29 is 0 Å². The zero-order valence-electron chi connectivity index (χ0n) is 10.1. The molecule has 0 fully saturated rings. The molecular formula is C14H14BrClN2. The first kappa shape index (κ1) is 13.4. The number of aromatic nitrogens is 1. The van der Waals surface area contributed by atoms with Gasteiger partial charge in [-0.15, -0.1) is 0 Å². The summed E-state index contributed by atoms with van der Waals surface area (Å²) in [5.41, 5.74) is 1.27. The Morgan fingerprint density at radius 3 is 2.50 bits per heavy atom. The Balaban J connectivity index is 2.20. The molecule has 0 atom stereocenters. The lowest BCUT2D eigenvalue weighted by Gasteiger charge is -2.22. The van der Waals surface area contributed by atoms with Gasteiger partial charge in [0, 0.05) is 13.1 Å². The van der Waals surface area contributed by atoms with Gasteiger partial charge in [-0.05, 0) is 40.5 Å². The van der Waals surface area contributed by atoms with Gasteiger partial charge in [-0.2, -0.15) is 0 Å². The van der Waals surface area contributed by atoms with Crippen LogP contribution in [-0.2, 0) is 6.54 Å². The van der Waals surface area contributed by atoms with Gasteiger partial charge >= 0.3 is 0 Å². The molecule has 2 nitrogen and oxygen atoms in total. The first-order chi connectivity index (χ1) is 8.70. The molecule has 0 aliphatic heterocycles. The van der Waals surface area contributed by atoms with Crippen molar-refractivity contribution in [1.29, 1.82) is 0 Å². The van der Waals surface area contributed by atoms with Crippen LogP contribution in [0.5, 0.6) is 0 Å². The van der Waals surface area contributed by atoms with Gasteiger partial charge in [-0.3, -0.25) is 0 Å². The molecule has 0 saturated heterocycles. The number of halogens is 2. The third-order valence-corrected chi connectivity index (χ3v) is 3.85. The average Bonchev–Trinajstić information content (AvgIpc) is 2.40. The number of hydrogen-bond donors (Lipinski definition) is 0. The average molecular weight is 326 g/mol. The van der Waals surface area contributed by atoms with Crippen LogP contribution in [0.2, 0.25) is 5.02 Å². The molecule has 1 heterocycles. The van der Waals surface area contributed by atoms with E-state index in [0.717, 1.165) is 18.9 Å². The van der Waals surface area contributed by atoms with E-state index in [9.17, 15) is 0 Å². The summed E-state index contributed by atoms with van der Waals surface area (Å²) in [6.45, 7) is 3.86. The topological polar surface area (TPSA) is 16.1 Å². The Kier molecular flexibility index (Phi) is 4.61. The number of hydrogen-bond acceptors (Lipinski definition) is 2.